The number of carbonyl (C=O) groups is 2. The van der Waals surface area contributed by atoms with Gasteiger partial charge in [-0.25, -0.2) is 4.79 Å². The molecule has 0 spiro atoms. The van der Waals surface area contributed by atoms with Gasteiger partial charge in [-0.1, -0.05) is 25.0 Å². The molecule has 0 aromatic heterocycles. The molecule has 0 aliphatic heterocycles. The smallest absolute Gasteiger partial charge is 0.321 e. The number of anilines is 1. The largest absolute Gasteiger partial charge is 0.376 e. The molecule has 5 heteroatoms. The second-order valence-corrected chi connectivity index (χ2v) is 5.60. The monoisotopic (exact) mass is 289 g/mol. The number of rotatable bonds is 4. The minimum Gasteiger partial charge on any atom is -0.376 e. The average Bonchev–Trinajstić information content (AvgIpc) is 2.93. The molecule has 1 saturated carbocycles. The van der Waals surface area contributed by atoms with Gasteiger partial charge in [0.05, 0.1) is 6.54 Å². The Morgan fingerprint density at radius 1 is 1.19 bits per heavy atom. The first-order valence-corrected chi connectivity index (χ1v) is 7.46. The fraction of sp³-hybridized carbons (Fsp3) is 0.500. The molecule has 1 aliphatic rings. The van der Waals surface area contributed by atoms with Gasteiger partial charge in [-0.05, 0) is 43.9 Å². The molecule has 0 atom stereocenters. The van der Waals surface area contributed by atoms with E-state index in [1.165, 1.54) is 5.56 Å². The summed E-state index contributed by atoms with van der Waals surface area (Å²) in [6, 6.07) is 5.71. The summed E-state index contributed by atoms with van der Waals surface area (Å²) in [5, 5.41) is 8.25. The van der Waals surface area contributed by atoms with E-state index in [4.69, 9.17) is 0 Å². The van der Waals surface area contributed by atoms with Gasteiger partial charge >= 0.3 is 6.03 Å². The maximum atomic E-state index is 11.8. The Labute approximate surface area is 125 Å². The van der Waals surface area contributed by atoms with E-state index in [9.17, 15) is 9.59 Å². The van der Waals surface area contributed by atoms with E-state index in [1.807, 2.05) is 32.0 Å². The Morgan fingerprint density at radius 3 is 2.62 bits per heavy atom. The fourth-order valence-electron chi connectivity index (χ4n) is 2.58. The van der Waals surface area contributed by atoms with E-state index in [0.29, 0.717) is 0 Å². The first kappa shape index (κ1) is 15.4. The van der Waals surface area contributed by atoms with Crippen molar-refractivity contribution in [2.75, 3.05) is 11.9 Å². The van der Waals surface area contributed by atoms with E-state index in [1.54, 1.807) is 0 Å². The lowest BCUT2D eigenvalue weighted by molar-refractivity contribution is -0.118. The van der Waals surface area contributed by atoms with Gasteiger partial charge in [0.25, 0.3) is 0 Å². The molecule has 0 saturated heterocycles. The number of aryl methyl sites for hydroxylation is 1. The summed E-state index contributed by atoms with van der Waals surface area (Å²) in [6.45, 7) is 4.11. The van der Waals surface area contributed by atoms with Crippen LogP contribution in [0.5, 0.6) is 0 Å². The van der Waals surface area contributed by atoms with Crippen LogP contribution in [0.25, 0.3) is 0 Å². The van der Waals surface area contributed by atoms with Crippen LogP contribution in [0.3, 0.4) is 0 Å². The maximum absolute atomic E-state index is 11.8. The SMILES string of the molecule is Cc1cccc(NCC(=O)NC(=O)NC2CCCC2)c1C. The summed E-state index contributed by atoms with van der Waals surface area (Å²) in [4.78, 5) is 23.4. The molecular weight excluding hydrogens is 266 g/mol. The van der Waals surface area contributed by atoms with Crippen LogP contribution >= 0.6 is 0 Å². The van der Waals surface area contributed by atoms with Crippen molar-refractivity contribution in [2.24, 2.45) is 0 Å². The van der Waals surface area contributed by atoms with Gasteiger partial charge in [-0.2, -0.15) is 0 Å². The van der Waals surface area contributed by atoms with Crippen LogP contribution < -0.4 is 16.0 Å². The highest BCUT2D eigenvalue weighted by Gasteiger charge is 2.18. The van der Waals surface area contributed by atoms with Crippen molar-refractivity contribution in [3.05, 3.63) is 29.3 Å². The first-order chi connectivity index (χ1) is 10.1. The maximum Gasteiger partial charge on any atom is 0.321 e. The highest BCUT2D eigenvalue weighted by Crippen LogP contribution is 2.18. The lowest BCUT2D eigenvalue weighted by Gasteiger charge is -2.13. The van der Waals surface area contributed by atoms with E-state index in [2.05, 4.69) is 16.0 Å². The van der Waals surface area contributed by atoms with Crippen molar-refractivity contribution in [3.63, 3.8) is 0 Å². The summed E-state index contributed by atoms with van der Waals surface area (Å²) < 4.78 is 0. The molecule has 1 aromatic rings. The summed E-state index contributed by atoms with van der Waals surface area (Å²) in [5.74, 6) is -0.327. The summed E-state index contributed by atoms with van der Waals surface area (Å²) in [5.41, 5.74) is 3.20. The van der Waals surface area contributed by atoms with Crippen molar-refractivity contribution < 1.29 is 9.59 Å². The topological polar surface area (TPSA) is 70.2 Å². The van der Waals surface area contributed by atoms with Crippen molar-refractivity contribution in [1.82, 2.24) is 10.6 Å². The number of benzene rings is 1. The third-order valence-corrected chi connectivity index (χ3v) is 3.99. The molecule has 5 nitrogen and oxygen atoms in total. The van der Waals surface area contributed by atoms with Crippen LogP contribution in [-0.2, 0) is 4.79 Å². The standard InChI is InChI=1S/C16H23N3O2/c1-11-6-5-9-14(12(11)2)17-10-15(20)19-16(21)18-13-7-3-4-8-13/h5-6,9,13,17H,3-4,7-8,10H2,1-2H3,(H2,18,19,20,21). The molecule has 114 valence electrons. The van der Waals surface area contributed by atoms with Gasteiger partial charge in [0.15, 0.2) is 0 Å². The third-order valence-electron chi connectivity index (χ3n) is 3.99. The Hall–Kier alpha value is -2.04. The summed E-state index contributed by atoms with van der Waals surface area (Å²) in [6.07, 6.45) is 4.30. The highest BCUT2D eigenvalue weighted by molar-refractivity contribution is 5.96. The van der Waals surface area contributed by atoms with Crippen LogP contribution in [0, 0.1) is 13.8 Å². The second-order valence-electron chi connectivity index (χ2n) is 5.60. The number of hydrogen-bond donors (Lipinski definition) is 3. The molecule has 0 radical (unpaired) electrons. The van der Waals surface area contributed by atoms with Crippen LogP contribution in [0.1, 0.15) is 36.8 Å². The highest BCUT2D eigenvalue weighted by atomic mass is 16.2. The summed E-state index contributed by atoms with van der Waals surface area (Å²) >= 11 is 0. The Balaban J connectivity index is 1.76. The Morgan fingerprint density at radius 2 is 1.90 bits per heavy atom. The van der Waals surface area contributed by atoms with E-state index in [0.717, 1.165) is 36.9 Å². The van der Waals surface area contributed by atoms with Crippen molar-refractivity contribution >= 4 is 17.6 Å². The van der Waals surface area contributed by atoms with Gasteiger partial charge in [0.1, 0.15) is 0 Å². The van der Waals surface area contributed by atoms with Crippen molar-refractivity contribution in [2.45, 2.75) is 45.6 Å². The lowest BCUT2D eigenvalue weighted by atomic mass is 10.1. The van der Waals surface area contributed by atoms with E-state index in [-0.39, 0.29) is 18.5 Å². The van der Waals surface area contributed by atoms with E-state index < -0.39 is 6.03 Å². The van der Waals surface area contributed by atoms with E-state index >= 15 is 0 Å². The number of carbonyl (C=O) groups excluding carboxylic acids is 2. The molecule has 1 fully saturated rings. The minimum atomic E-state index is -0.394. The van der Waals surface area contributed by atoms with Crippen LogP contribution in [0.15, 0.2) is 18.2 Å². The number of urea groups is 1. The van der Waals surface area contributed by atoms with Crippen LogP contribution in [-0.4, -0.2) is 24.5 Å². The fourth-order valence-corrected chi connectivity index (χ4v) is 2.58. The van der Waals surface area contributed by atoms with Crippen molar-refractivity contribution in [3.8, 4) is 0 Å². The van der Waals surface area contributed by atoms with Crippen molar-refractivity contribution in [1.29, 1.82) is 0 Å². The van der Waals surface area contributed by atoms with Crippen LogP contribution in [0.4, 0.5) is 10.5 Å². The molecule has 21 heavy (non-hydrogen) atoms. The molecule has 1 aromatic carbocycles. The zero-order valence-corrected chi connectivity index (χ0v) is 12.7. The Bertz CT molecular complexity index is 522. The van der Waals surface area contributed by atoms with Gasteiger partial charge in [-0.3, -0.25) is 10.1 Å². The molecule has 0 unspecified atom stereocenters. The zero-order chi connectivity index (χ0) is 15.2. The molecule has 0 bridgehead atoms. The molecular formula is C16H23N3O2. The third kappa shape index (κ3) is 4.48. The predicted molar refractivity (Wildman–Crippen MR) is 83.3 cm³/mol. The molecule has 1 aliphatic carbocycles. The lowest BCUT2D eigenvalue weighted by Crippen LogP contribution is -2.45. The molecule has 0 heterocycles. The first-order valence-electron chi connectivity index (χ1n) is 7.46. The summed E-state index contributed by atoms with van der Waals surface area (Å²) in [7, 11) is 0. The second kappa shape index (κ2) is 7.11. The van der Waals surface area contributed by atoms with Gasteiger partial charge in [-0.15, -0.1) is 0 Å². The number of imide groups is 1. The van der Waals surface area contributed by atoms with Gasteiger partial charge in [0, 0.05) is 11.7 Å². The number of amides is 3. The average molecular weight is 289 g/mol. The molecule has 3 amide bonds. The Kier molecular flexibility index (Phi) is 5.20. The number of hydrogen-bond acceptors (Lipinski definition) is 3. The predicted octanol–water partition coefficient (Wildman–Crippen LogP) is 2.48. The van der Waals surface area contributed by atoms with Gasteiger partial charge < -0.3 is 10.6 Å². The zero-order valence-electron chi connectivity index (χ0n) is 12.7. The normalized spacial score (nSPS) is 14.8. The van der Waals surface area contributed by atoms with Gasteiger partial charge in [0.2, 0.25) is 5.91 Å². The number of nitrogens with one attached hydrogen (secondary N) is 3. The minimum absolute atomic E-state index is 0.0857. The van der Waals surface area contributed by atoms with Crippen LogP contribution in [0.2, 0.25) is 0 Å². The molecule has 2 rings (SSSR count). The molecule has 3 N–H and O–H groups in total. The quantitative estimate of drug-likeness (QED) is 0.797.